The maximum absolute atomic E-state index is 13.5. The van der Waals surface area contributed by atoms with E-state index in [4.69, 9.17) is 21.6 Å². The average molecular weight is 492 g/mol. The Balaban J connectivity index is 1.31. The van der Waals surface area contributed by atoms with Crippen molar-refractivity contribution in [3.8, 4) is 0 Å². The molecule has 0 radical (unpaired) electrons. The molecule has 2 aliphatic rings. The van der Waals surface area contributed by atoms with Crippen molar-refractivity contribution in [3.63, 3.8) is 0 Å². The lowest BCUT2D eigenvalue weighted by atomic mass is 9.97. The molecule has 1 aliphatic carbocycles. The van der Waals surface area contributed by atoms with E-state index in [0.29, 0.717) is 53.1 Å². The highest BCUT2D eigenvalue weighted by Gasteiger charge is 2.45. The maximum atomic E-state index is 13.5. The first-order valence-electron chi connectivity index (χ1n) is 11.8. The summed E-state index contributed by atoms with van der Waals surface area (Å²) in [5, 5.41) is 14.3. The maximum Gasteiger partial charge on any atom is 0.250 e. The Morgan fingerprint density at radius 3 is 2.89 bits per heavy atom. The monoisotopic (exact) mass is 491 g/mol. The predicted molar refractivity (Wildman–Crippen MR) is 134 cm³/mol. The highest BCUT2D eigenvalue weighted by molar-refractivity contribution is 6.29. The topological polar surface area (TPSA) is 116 Å². The van der Waals surface area contributed by atoms with E-state index in [-0.39, 0.29) is 5.91 Å². The van der Waals surface area contributed by atoms with Gasteiger partial charge in [0.2, 0.25) is 17.8 Å². The van der Waals surface area contributed by atoms with Gasteiger partial charge < -0.3 is 15.5 Å². The lowest BCUT2D eigenvalue weighted by Gasteiger charge is -2.34. The number of nitrogens with one attached hydrogen (secondary N) is 3. The molecule has 4 aromatic rings. The van der Waals surface area contributed by atoms with Gasteiger partial charge in [-0.3, -0.25) is 14.3 Å². The number of nitrogens with zero attached hydrogens (tertiary/aromatic N) is 6. The first-order chi connectivity index (χ1) is 16.9. The van der Waals surface area contributed by atoms with Crippen molar-refractivity contribution < 1.29 is 4.79 Å². The van der Waals surface area contributed by atoms with Crippen molar-refractivity contribution in [2.75, 3.05) is 22.1 Å². The summed E-state index contributed by atoms with van der Waals surface area (Å²) in [6, 6.07) is 9.32. The lowest BCUT2D eigenvalue weighted by molar-refractivity contribution is -0.120. The van der Waals surface area contributed by atoms with Gasteiger partial charge in [-0.05, 0) is 63.8 Å². The number of aryl methyl sites for hydroxylation is 1. The minimum absolute atomic E-state index is 0.128. The van der Waals surface area contributed by atoms with E-state index >= 15 is 0 Å². The third-order valence-electron chi connectivity index (χ3n) is 6.90. The number of aromatic nitrogens is 6. The summed E-state index contributed by atoms with van der Waals surface area (Å²) >= 11 is 5.98. The third kappa shape index (κ3) is 3.97. The van der Waals surface area contributed by atoms with Crippen LogP contribution in [-0.2, 0) is 4.79 Å². The van der Waals surface area contributed by atoms with Crippen LogP contribution < -0.4 is 15.5 Å². The van der Waals surface area contributed by atoms with Crippen molar-refractivity contribution in [3.05, 3.63) is 53.1 Å². The number of pyridine rings is 1. The number of amides is 1. The molecule has 4 aromatic heterocycles. The molecule has 6 rings (SSSR count). The molecule has 0 bridgehead atoms. The van der Waals surface area contributed by atoms with Crippen LogP contribution in [0.1, 0.15) is 49.9 Å². The van der Waals surface area contributed by atoms with E-state index in [1.165, 1.54) is 12.8 Å². The highest BCUT2D eigenvalue weighted by Crippen LogP contribution is 2.40. The van der Waals surface area contributed by atoms with Gasteiger partial charge in [-0.25, -0.2) is 4.98 Å². The quantitative estimate of drug-likeness (QED) is 0.342. The normalized spacial score (nSPS) is 19.9. The number of hydrogen-bond donors (Lipinski definition) is 3. The van der Waals surface area contributed by atoms with E-state index in [1.54, 1.807) is 12.1 Å². The Bertz CT molecular complexity index is 1430. The highest BCUT2D eigenvalue weighted by atomic mass is 35.5. The summed E-state index contributed by atoms with van der Waals surface area (Å²) in [4.78, 5) is 29.4. The molecular weight excluding hydrogens is 466 g/mol. The van der Waals surface area contributed by atoms with Crippen molar-refractivity contribution in [1.82, 2.24) is 29.5 Å². The van der Waals surface area contributed by atoms with Crippen molar-refractivity contribution in [2.24, 2.45) is 0 Å². The lowest BCUT2D eigenvalue weighted by Crippen LogP contribution is -2.51. The Kier molecular flexibility index (Phi) is 5.14. The smallest absolute Gasteiger partial charge is 0.250 e. The van der Waals surface area contributed by atoms with Gasteiger partial charge in [0.15, 0.2) is 5.82 Å². The second kappa shape index (κ2) is 8.23. The van der Waals surface area contributed by atoms with Crippen LogP contribution in [0.25, 0.3) is 5.65 Å². The van der Waals surface area contributed by atoms with Crippen molar-refractivity contribution >= 4 is 46.6 Å². The van der Waals surface area contributed by atoms with Crippen LogP contribution in [0.5, 0.6) is 0 Å². The van der Waals surface area contributed by atoms with Gasteiger partial charge in [0.05, 0.1) is 11.4 Å². The van der Waals surface area contributed by atoms with Crippen molar-refractivity contribution in [2.45, 2.75) is 51.0 Å². The Hall–Kier alpha value is -3.66. The number of rotatable bonds is 6. The number of anilines is 4. The van der Waals surface area contributed by atoms with Crippen LogP contribution in [0.2, 0.25) is 5.15 Å². The fraction of sp³-hybridized carbons (Fsp3) is 0.375. The molecule has 1 aliphatic heterocycles. The number of halogens is 1. The molecule has 1 amide bonds. The molecule has 1 saturated carbocycles. The largest absolute Gasteiger partial charge is 0.326 e. The Morgan fingerprint density at radius 2 is 2.09 bits per heavy atom. The molecule has 11 heteroatoms. The fourth-order valence-corrected chi connectivity index (χ4v) is 4.87. The zero-order valence-corrected chi connectivity index (χ0v) is 20.3. The molecule has 35 heavy (non-hydrogen) atoms. The minimum Gasteiger partial charge on any atom is -0.326 e. The number of hydrogen-bond acceptors (Lipinski definition) is 7. The van der Waals surface area contributed by atoms with E-state index in [1.807, 2.05) is 47.5 Å². The van der Waals surface area contributed by atoms with Gasteiger partial charge in [-0.2, -0.15) is 15.1 Å². The Labute approximate surface area is 207 Å². The van der Waals surface area contributed by atoms with Crippen molar-refractivity contribution in [1.29, 1.82) is 0 Å². The summed E-state index contributed by atoms with van der Waals surface area (Å²) in [5.74, 6) is 2.25. The van der Waals surface area contributed by atoms with Gasteiger partial charge in [0, 0.05) is 30.4 Å². The van der Waals surface area contributed by atoms with Crippen LogP contribution in [0, 0.1) is 6.92 Å². The summed E-state index contributed by atoms with van der Waals surface area (Å²) in [6.07, 6.45) is 5.83. The molecule has 3 N–H and O–H groups in total. The zero-order chi connectivity index (χ0) is 24.2. The summed E-state index contributed by atoms with van der Waals surface area (Å²) in [6.45, 7) is 4.43. The molecule has 1 saturated heterocycles. The summed E-state index contributed by atoms with van der Waals surface area (Å²) < 4.78 is 1.88. The number of aromatic amines is 1. The van der Waals surface area contributed by atoms with Gasteiger partial charge in [0.25, 0.3) is 0 Å². The number of fused-ring (bicyclic) bond motifs is 1. The molecule has 0 unspecified atom stereocenters. The average Bonchev–Trinajstić information content (AvgIpc) is 3.19. The molecule has 10 nitrogen and oxygen atoms in total. The third-order valence-corrected chi connectivity index (χ3v) is 7.11. The van der Waals surface area contributed by atoms with Gasteiger partial charge in [0.1, 0.15) is 16.3 Å². The van der Waals surface area contributed by atoms with Crippen LogP contribution in [0.3, 0.4) is 0 Å². The van der Waals surface area contributed by atoms with E-state index < -0.39 is 5.54 Å². The first-order valence-corrected chi connectivity index (χ1v) is 12.2. The first kappa shape index (κ1) is 21.8. The van der Waals surface area contributed by atoms with Crippen LogP contribution in [0.15, 0.2) is 36.5 Å². The number of carbonyl (C=O) groups excluding carboxylic acids is 1. The number of H-pyrrole nitrogens is 1. The predicted octanol–water partition coefficient (Wildman–Crippen LogP) is 4.43. The van der Waals surface area contributed by atoms with Gasteiger partial charge >= 0.3 is 0 Å². The zero-order valence-electron chi connectivity index (χ0n) is 19.5. The second-order valence-electron chi connectivity index (χ2n) is 9.44. The molecule has 0 spiro atoms. The molecule has 2 fully saturated rings. The van der Waals surface area contributed by atoms with E-state index in [9.17, 15) is 4.79 Å². The van der Waals surface area contributed by atoms with Crippen LogP contribution in [0.4, 0.5) is 23.4 Å². The van der Waals surface area contributed by atoms with Crippen LogP contribution in [-0.4, -0.2) is 47.5 Å². The second-order valence-corrected chi connectivity index (χ2v) is 9.83. The minimum atomic E-state index is -0.820. The van der Waals surface area contributed by atoms with Gasteiger partial charge in [-0.1, -0.05) is 11.6 Å². The fourth-order valence-electron chi connectivity index (χ4n) is 4.69. The van der Waals surface area contributed by atoms with Gasteiger partial charge in [-0.15, -0.1) is 0 Å². The summed E-state index contributed by atoms with van der Waals surface area (Å²) in [7, 11) is 0. The number of carbonyl (C=O) groups is 1. The SMILES string of the molecule is Cc1nc(Cl)ccc1NC(=O)[C@]1(C)CCCN1c1nc(Nc2cc(C3CC3)[nH]n2)n2cccc2n1. The molecule has 1 atom stereocenters. The standard InChI is InChI=1S/C24H26ClN9O/c1-14-16(8-9-18(25)26-14)27-21(35)24(2)10-4-12-34(24)23-29-20-5-3-11-33(20)22(30-23)28-19-13-17(31-32-19)15-6-7-15/h3,5,8-9,11,13,15H,4,6-7,10,12H2,1-2H3,(H,27,35)(H2,28,29,30,31,32)/t24-/m0/s1. The molecular formula is C24H26ClN9O. The Morgan fingerprint density at radius 1 is 1.23 bits per heavy atom. The molecule has 5 heterocycles. The van der Waals surface area contributed by atoms with Crippen LogP contribution >= 0.6 is 11.6 Å². The van der Waals surface area contributed by atoms with E-state index in [0.717, 1.165) is 17.8 Å². The van der Waals surface area contributed by atoms with E-state index in [2.05, 4.69) is 25.8 Å². The summed E-state index contributed by atoms with van der Waals surface area (Å²) in [5.41, 5.74) is 2.37. The molecule has 180 valence electrons. The molecule has 0 aromatic carbocycles.